The molecule has 0 radical (unpaired) electrons. The van der Waals surface area contributed by atoms with Crippen molar-refractivity contribution in [2.24, 2.45) is 5.92 Å². The molecule has 0 amide bonds. The second-order valence-electron chi connectivity index (χ2n) is 6.23. The molecule has 1 rings (SSSR count). The third-order valence-electron chi connectivity index (χ3n) is 3.72. The predicted octanol–water partition coefficient (Wildman–Crippen LogP) is 3.71. The summed E-state index contributed by atoms with van der Waals surface area (Å²) in [4.78, 5) is 2.42. The number of rotatable bonds is 10. The monoisotopic (exact) mass is 292 g/mol. The molecule has 21 heavy (non-hydrogen) atoms. The van der Waals surface area contributed by atoms with E-state index in [4.69, 9.17) is 4.74 Å². The highest BCUT2D eigenvalue weighted by Gasteiger charge is 2.14. The number of methoxy groups -OCH3 is 1. The highest BCUT2D eigenvalue weighted by molar-refractivity contribution is 5.30. The number of hydrogen-bond donors (Lipinski definition) is 1. The molecule has 0 heterocycles. The zero-order valence-electron chi connectivity index (χ0n) is 14.4. The molecular weight excluding hydrogens is 260 g/mol. The van der Waals surface area contributed by atoms with Crippen LogP contribution in [0.1, 0.15) is 45.2 Å². The fourth-order valence-electron chi connectivity index (χ4n) is 2.35. The standard InChI is InChI=1S/C18H32N2O/c1-6-11-19-18(14-20(4)12-10-15(2)3)16-8-7-9-17(13-16)21-5/h7-9,13,15,18-19H,6,10-12,14H2,1-5H3. The molecule has 1 unspecified atom stereocenters. The second-order valence-corrected chi connectivity index (χ2v) is 6.23. The maximum absolute atomic E-state index is 5.35. The lowest BCUT2D eigenvalue weighted by molar-refractivity contribution is 0.274. The van der Waals surface area contributed by atoms with Crippen LogP contribution in [-0.2, 0) is 0 Å². The molecular formula is C18H32N2O. The predicted molar refractivity (Wildman–Crippen MR) is 91.0 cm³/mol. The fraction of sp³-hybridized carbons (Fsp3) is 0.667. The maximum atomic E-state index is 5.35. The summed E-state index contributed by atoms with van der Waals surface area (Å²) in [5, 5.41) is 3.66. The van der Waals surface area contributed by atoms with Gasteiger partial charge in [-0.3, -0.25) is 0 Å². The van der Waals surface area contributed by atoms with E-state index in [9.17, 15) is 0 Å². The Labute approximate surface area is 130 Å². The van der Waals surface area contributed by atoms with Crippen LogP contribution in [0.15, 0.2) is 24.3 Å². The van der Waals surface area contributed by atoms with Crippen molar-refractivity contribution in [3.63, 3.8) is 0 Å². The summed E-state index contributed by atoms with van der Waals surface area (Å²) in [6.45, 7) is 9.98. The quantitative estimate of drug-likeness (QED) is 0.711. The van der Waals surface area contributed by atoms with E-state index in [0.29, 0.717) is 6.04 Å². The first kappa shape index (κ1) is 18.0. The minimum Gasteiger partial charge on any atom is -0.497 e. The van der Waals surface area contributed by atoms with Crippen molar-refractivity contribution in [3.05, 3.63) is 29.8 Å². The number of ether oxygens (including phenoxy) is 1. The summed E-state index contributed by atoms with van der Waals surface area (Å²) in [5.74, 6) is 1.69. The van der Waals surface area contributed by atoms with Crippen LogP contribution in [0.3, 0.4) is 0 Å². The molecule has 1 aromatic rings. The zero-order valence-corrected chi connectivity index (χ0v) is 14.4. The Morgan fingerprint density at radius 3 is 2.67 bits per heavy atom. The Morgan fingerprint density at radius 2 is 2.05 bits per heavy atom. The summed E-state index contributed by atoms with van der Waals surface area (Å²) in [6, 6.07) is 8.76. The van der Waals surface area contributed by atoms with Gasteiger partial charge in [-0.25, -0.2) is 0 Å². The summed E-state index contributed by atoms with van der Waals surface area (Å²) < 4.78 is 5.35. The van der Waals surface area contributed by atoms with E-state index in [0.717, 1.165) is 37.7 Å². The van der Waals surface area contributed by atoms with Crippen molar-refractivity contribution in [1.29, 1.82) is 0 Å². The topological polar surface area (TPSA) is 24.5 Å². The Bertz CT molecular complexity index is 393. The first-order chi connectivity index (χ1) is 10.1. The molecule has 0 fully saturated rings. The molecule has 3 nitrogen and oxygen atoms in total. The van der Waals surface area contributed by atoms with Gasteiger partial charge in [-0.05, 0) is 56.6 Å². The van der Waals surface area contributed by atoms with Crippen LogP contribution in [-0.4, -0.2) is 38.7 Å². The molecule has 0 aliphatic carbocycles. The van der Waals surface area contributed by atoms with Crippen LogP contribution < -0.4 is 10.1 Å². The fourth-order valence-corrected chi connectivity index (χ4v) is 2.35. The molecule has 0 aliphatic heterocycles. The molecule has 1 N–H and O–H groups in total. The van der Waals surface area contributed by atoms with E-state index >= 15 is 0 Å². The lowest BCUT2D eigenvalue weighted by atomic mass is 10.1. The average molecular weight is 292 g/mol. The first-order valence-electron chi connectivity index (χ1n) is 8.12. The molecule has 1 aromatic carbocycles. The van der Waals surface area contributed by atoms with E-state index in [1.165, 1.54) is 12.0 Å². The van der Waals surface area contributed by atoms with Gasteiger partial charge >= 0.3 is 0 Å². The van der Waals surface area contributed by atoms with Gasteiger partial charge in [0.05, 0.1) is 7.11 Å². The highest BCUT2D eigenvalue weighted by atomic mass is 16.5. The van der Waals surface area contributed by atoms with Gasteiger partial charge in [0.2, 0.25) is 0 Å². The summed E-state index contributed by atoms with van der Waals surface area (Å²) in [6.07, 6.45) is 2.39. The van der Waals surface area contributed by atoms with Gasteiger partial charge in [0, 0.05) is 12.6 Å². The van der Waals surface area contributed by atoms with Gasteiger partial charge in [0.25, 0.3) is 0 Å². The smallest absolute Gasteiger partial charge is 0.119 e. The van der Waals surface area contributed by atoms with Crippen molar-refractivity contribution in [3.8, 4) is 5.75 Å². The summed E-state index contributed by atoms with van der Waals surface area (Å²) in [7, 11) is 3.94. The van der Waals surface area contributed by atoms with Crippen molar-refractivity contribution >= 4 is 0 Å². The molecule has 0 spiro atoms. The number of hydrogen-bond acceptors (Lipinski definition) is 3. The van der Waals surface area contributed by atoms with Gasteiger partial charge in [0.1, 0.15) is 5.75 Å². The van der Waals surface area contributed by atoms with Crippen LogP contribution >= 0.6 is 0 Å². The van der Waals surface area contributed by atoms with E-state index < -0.39 is 0 Å². The summed E-state index contributed by atoms with van der Waals surface area (Å²) in [5.41, 5.74) is 1.30. The largest absolute Gasteiger partial charge is 0.497 e. The molecule has 0 aliphatic rings. The highest BCUT2D eigenvalue weighted by Crippen LogP contribution is 2.20. The van der Waals surface area contributed by atoms with Crippen molar-refractivity contribution in [2.75, 3.05) is 33.8 Å². The Kier molecular flexibility index (Phi) is 8.40. The lowest BCUT2D eigenvalue weighted by Gasteiger charge is -2.26. The second kappa shape index (κ2) is 9.80. The number of nitrogens with zero attached hydrogens (tertiary/aromatic N) is 1. The van der Waals surface area contributed by atoms with Gasteiger partial charge in [-0.2, -0.15) is 0 Å². The Morgan fingerprint density at radius 1 is 1.29 bits per heavy atom. The average Bonchev–Trinajstić information content (AvgIpc) is 2.49. The van der Waals surface area contributed by atoms with Crippen LogP contribution in [0, 0.1) is 5.92 Å². The number of likely N-dealkylation sites (N-methyl/N-ethyl adjacent to an activating group) is 1. The Hall–Kier alpha value is -1.06. The summed E-state index contributed by atoms with van der Waals surface area (Å²) >= 11 is 0. The van der Waals surface area contributed by atoms with Crippen LogP contribution in [0.25, 0.3) is 0 Å². The normalized spacial score (nSPS) is 12.9. The van der Waals surface area contributed by atoms with E-state index in [1.54, 1.807) is 7.11 Å². The molecule has 0 saturated carbocycles. The molecule has 1 atom stereocenters. The maximum Gasteiger partial charge on any atom is 0.119 e. The molecule has 0 bridgehead atoms. The number of benzene rings is 1. The van der Waals surface area contributed by atoms with Gasteiger partial charge in [-0.1, -0.05) is 32.9 Å². The van der Waals surface area contributed by atoms with Crippen molar-refractivity contribution in [2.45, 2.75) is 39.7 Å². The minimum atomic E-state index is 0.359. The van der Waals surface area contributed by atoms with Crippen LogP contribution in [0.4, 0.5) is 0 Å². The van der Waals surface area contributed by atoms with Crippen LogP contribution in [0.2, 0.25) is 0 Å². The molecule has 0 saturated heterocycles. The van der Waals surface area contributed by atoms with Gasteiger partial charge in [0.15, 0.2) is 0 Å². The van der Waals surface area contributed by atoms with Crippen molar-refractivity contribution in [1.82, 2.24) is 10.2 Å². The molecule has 3 heteroatoms. The van der Waals surface area contributed by atoms with E-state index in [-0.39, 0.29) is 0 Å². The van der Waals surface area contributed by atoms with Gasteiger partial charge < -0.3 is 15.0 Å². The number of nitrogens with one attached hydrogen (secondary N) is 1. The SMILES string of the molecule is CCCNC(CN(C)CCC(C)C)c1cccc(OC)c1. The first-order valence-corrected chi connectivity index (χ1v) is 8.12. The van der Waals surface area contributed by atoms with Crippen molar-refractivity contribution < 1.29 is 4.74 Å². The van der Waals surface area contributed by atoms with Gasteiger partial charge in [-0.15, -0.1) is 0 Å². The molecule has 120 valence electrons. The zero-order chi connectivity index (χ0) is 15.7. The minimum absolute atomic E-state index is 0.359. The third kappa shape index (κ3) is 6.96. The molecule has 0 aromatic heterocycles. The lowest BCUT2D eigenvalue weighted by Crippen LogP contribution is -2.34. The van der Waals surface area contributed by atoms with E-state index in [1.807, 2.05) is 6.07 Å². The Balaban J connectivity index is 2.69. The third-order valence-corrected chi connectivity index (χ3v) is 3.72. The van der Waals surface area contributed by atoms with Crippen LogP contribution in [0.5, 0.6) is 5.75 Å². The van der Waals surface area contributed by atoms with E-state index in [2.05, 4.69) is 56.2 Å².